The molecule has 0 aromatic rings. The van der Waals surface area contributed by atoms with Crippen LogP contribution < -0.4 is 5.73 Å². The van der Waals surface area contributed by atoms with Crippen LogP contribution in [0.5, 0.6) is 0 Å². The Hall–Kier alpha value is -0.610. The molecule has 4 nitrogen and oxygen atoms in total. The van der Waals surface area contributed by atoms with E-state index in [2.05, 4.69) is 0 Å². The standard InChI is InChI=1S/C13H25NO3/c1-13(2,3)17-9-8-16-12(15)10-4-6-11(14)7-5-10/h10-11H,4-9,14H2,1-3H3. The molecule has 1 aliphatic rings. The number of ether oxygens (including phenoxy) is 2. The molecule has 0 bridgehead atoms. The highest BCUT2D eigenvalue weighted by Gasteiger charge is 2.25. The lowest BCUT2D eigenvalue weighted by Gasteiger charge is -2.25. The Labute approximate surface area is 104 Å². The molecule has 0 amide bonds. The number of hydrogen-bond acceptors (Lipinski definition) is 4. The summed E-state index contributed by atoms with van der Waals surface area (Å²) in [6.07, 6.45) is 3.58. The predicted octanol–water partition coefficient (Wildman–Crippen LogP) is 1.86. The van der Waals surface area contributed by atoms with Gasteiger partial charge in [-0.1, -0.05) is 0 Å². The van der Waals surface area contributed by atoms with Gasteiger partial charge in [-0.3, -0.25) is 4.79 Å². The molecule has 1 rings (SSSR count). The van der Waals surface area contributed by atoms with Crippen molar-refractivity contribution in [3.63, 3.8) is 0 Å². The van der Waals surface area contributed by atoms with Crippen molar-refractivity contribution in [2.45, 2.75) is 58.1 Å². The molecular formula is C13H25NO3. The van der Waals surface area contributed by atoms with Gasteiger partial charge in [-0.25, -0.2) is 0 Å². The summed E-state index contributed by atoms with van der Waals surface area (Å²) in [7, 11) is 0. The first-order valence-corrected chi connectivity index (χ1v) is 6.44. The highest BCUT2D eigenvalue weighted by atomic mass is 16.6. The van der Waals surface area contributed by atoms with Gasteiger partial charge >= 0.3 is 5.97 Å². The quantitative estimate of drug-likeness (QED) is 0.605. The monoisotopic (exact) mass is 243 g/mol. The van der Waals surface area contributed by atoms with Crippen molar-refractivity contribution in [3.8, 4) is 0 Å². The Bertz CT molecular complexity index is 240. The zero-order valence-corrected chi connectivity index (χ0v) is 11.2. The lowest BCUT2D eigenvalue weighted by atomic mass is 9.86. The first-order chi connectivity index (χ1) is 7.88. The summed E-state index contributed by atoms with van der Waals surface area (Å²) in [5.74, 6) is -0.0427. The number of carbonyl (C=O) groups is 1. The predicted molar refractivity (Wildman–Crippen MR) is 66.6 cm³/mol. The lowest BCUT2D eigenvalue weighted by Crippen LogP contribution is -2.31. The maximum Gasteiger partial charge on any atom is 0.309 e. The summed E-state index contributed by atoms with van der Waals surface area (Å²) in [5, 5.41) is 0. The largest absolute Gasteiger partial charge is 0.463 e. The van der Waals surface area contributed by atoms with Crippen molar-refractivity contribution in [1.82, 2.24) is 0 Å². The zero-order valence-electron chi connectivity index (χ0n) is 11.2. The Morgan fingerprint density at radius 3 is 2.29 bits per heavy atom. The maximum atomic E-state index is 11.7. The van der Waals surface area contributed by atoms with E-state index in [1.807, 2.05) is 20.8 Å². The normalized spacial score (nSPS) is 25.6. The van der Waals surface area contributed by atoms with Crippen LogP contribution in [-0.2, 0) is 14.3 Å². The molecule has 0 atom stereocenters. The Balaban J connectivity index is 2.13. The lowest BCUT2D eigenvalue weighted by molar-refractivity contribution is -0.152. The molecule has 4 heteroatoms. The third-order valence-electron chi connectivity index (χ3n) is 2.97. The van der Waals surface area contributed by atoms with Crippen LogP contribution in [0.1, 0.15) is 46.5 Å². The van der Waals surface area contributed by atoms with Crippen LogP contribution >= 0.6 is 0 Å². The summed E-state index contributed by atoms with van der Waals surface area (Å²) < 4.78 is 10.7. The SMILES string of the molecule is CC(C)(C)OCCOC(=O)C1CCC(N)CC1. The van der Waals surface area contributed by atoms with E-state index in [1.54, 1.807) is 0 Å². The van der Waals surface area contributed by atoms with Gasteiger partial charge in [0.05, 0.1) is 18.1 Å². The van der Waals surface area contributed by atoms with Gasteiger partial charge in [0.1, 0.15) is 6.61 Å². The Morgan fingerprint density at radius 2 is 1.76 bits per heavy atom. The molecule has 0 spiro atoms. The summed E-state index contributed by atoms with van der Waals surface area (Å²) in [6, 6.07) is 0.267. The Morgan fingerprint density at radius 1 is 1.18 bits per heavy atom. The minimum absolute atomic E-state index is 0.0458. The zero-order chi connectivity index (χ0) is 12.9. The molecule has 0 aromatic heterocycles. The topological polar surface area (TPSA) is 61.5 Å². The van der Waals surface area contributed by atoms with Crippen LogP contribution in [0.15, 0.2) is 0 Å². The number of rotatable bonds is 4. The van der Waals surface area contributed by atoms with Crippen LogP contribution in [0.4, 0.5) is 0 Å². The first kappa shape index (κ1) is 14.5. The van der Waals surface area contributed by atoms with E-state index in [4.69, 9.17) is 15.2 Å². The molecule has 2 N–H and O–H groups in total. The molecule has 17 heavy (non-hydrogen) atoms. The number of carbonyl (C=O) groups excluding carboxylic acids is 1. The number of esters is 1. The molecule has 0 radical (unpaired) electrons. The molecular weight excluding hydrogens is 218 g/mol. The van der Waals surface area contributed by atoms with Gasteiger partial charge in [-0.2, -0.15) is 0 Å². The average molecular weight is 243 g/mol. The average Bonchev–Trinajstić information content (AvgIpc) is 2.24. The van der Waals surface area contributed by atoms with Crippen molar-refractivity contribution in [3.05, 3.63) is 0 Å². The van der Waals surface area contributed by atoms with Crippen molar-refractivity contribution < 1.29 is 14.3 Å². The Kier molecular flexibility index (Phi) is 5.40. The van der Waals surface area contributed by atoms with Gasteiger partial charge in [0, 0.05) is 6.04 Å². The second-order valence-corrected chi connectivity index (χ2v) is 5.74. The van der Waals surface area contributed by atoms with E-state index < -0.39 is 0 Å². The molecule has 0 unspecified atom stereocenters. The minimum atomic E-state index is -0.177. The summed E-state index contributed by atoms with van der Waals surface area (Å²) >= 11 is 0. The second-order valence-electron chi connectivity index (χ2n) is 5.74. The molecule has 1 fully saturated rings. The van der Waals surface area contributed by atoms with Gasteiger partial charge in [0.15, 0.2) is 0 Å². The second kappa shape index (κ2) is 6.36. The molecule has 0 aliphatic heterocycles. The van der Waals surface area contributed by atoms with E-state index in [9.17, 15) is 4.79 Å². The smallest absolute Gasteiger partial charge is 0.309 e. The van der Waals surface area contributed by atoms with Crippen molar-refractivity contribution >= 4 is 5.97 Å². The van der Waals surface area contributed by atoms with Gasteiger partial charge in [0.2, 0.25) is 0 Å². The molecule has 0 saturated heterocycles. The minimum Gasteiger partial charge on any atom is -0.463 e. The fourth-order valence-electron chi connectivity index (χ4n) is 1.96. The van der Waals surface area contributed by atoms with Gasteiger partial charge < -0.3 is 15.2 Å². The molecule has 1 aliphatic carbocycles. The molecule has 0 aromatic carbocycles. The third-order valence-corrected chi connectivity index (χ3v) is 2.97. The van der Waals surface area contributed by atoms with Crippen LogP contribution in [-0.4, -0.2) is 30.8 Å². The fraction of sp³-hybridized carbons (Fsp3) is 0.923. The van der Waals surface area contributed by atoms with E-state index in [0.717, 1.165) is 25.7 Å². The van der Waals surface area contributed by atoms with Crippen LogP contribution in [0.25, 0.3) is 0 Å². The summed E-state index contributed by atoms with van der Waals surface area (Å²) in [4.78, 5) is 11.7. The first-order valence-electron chi connectivity index (χ1n) is 6.44. The van der Waals surface area contributed by atoms with Gasteiger partial charge in [-0.15, -0.1) is 0 Å². The molecule has 0 heterocycles. The van der Waals surface area contributed by atoms with Crippen molar-refractivity contribution in [1.29, 1.82) is 0 Å². The van der Waals surface area contributed by atoms with E-state index in [0.29, 0.717) is 13.2 Å². The summed E-state index contributed by atoms with van der Waals surface area (Å²) in [5.41, 5.74) is 5.62. The third kappa shape index (κ3) is 6.03. The maximum absolute atomic E-state index is 11.7. The summed E-state index contributed by atoms with van der Waals surface area (Å²) in [6.45, 7) is 6.76. The van der Waals surface area contributed by atoms with Crippen LogP contribution in [0, 0.1) is 5.92 Å². The van der Waals surface area contributed by atoms with E-state index in [-0.39, 0.29) is 23.5 Å². The van der Waals surface area contributed by atoms with Crippen molar-refractivity contribution in [2.24, 2.45) is 11.7 Å². The number of nitrogens with two attached hydrogens (primary N) is 1. The van der Waals surface area contributed by atoms with Crippen LogP contribution in [0.3, 0.4) is 0 Å². The highest BCUT2D eigenvalue weighted by molar-refractivity contribution is 5.72. The highest BCUT2D eigenvalue weighted by Crippen LogP contribution is 2.24. The van der Waals surface area contributed by atoms with Gasteiger partial charge in [0.25, 0.3) is 0 Å². The van der Waals surface area contributed by atoms with Crippen molar-refractivity contribution in [2.75, 3.05) is 13.2 Å². The van der Waals surface area contributed by atoms with E-state index in [1.165, 1.54) is 0 Å². The van der Waals surface area contributed by atoms with Gasteiger partial charge in [-0.05, 0) is 46.5 Å². The molecule has 1 saturated carbocycles. The molecule has 100 valence electrons. The fourth-order valence-corrected chi connectivity index (χ4v) is 1.96. The van der Waals surface area contributed by atoms with Crippen LogP contribution in [0.2, 0.25) is 0 Å². The van der Waals surface area contributed by atoms with E-state index >= 15 is 0 Å². The number of hydrogen-bond donors (Lipinski definition) is 1.